The highest BCUT2D eigenvalue weighted by Crippen LogP contribution is 2.19. The van der Waals surface area contributed by atoms with E-state index in [1.54, 1.807) is 7.05 Å². The number of amides is 1. The molecule has 0 aliphatic carbocycles. The van der Waals surface area contributed by atoms with E-state index in [4.69, 9.17) is 11.6 Å². The van der Waals surface area contributed by atoms with Gasteiger partial charge in [-0.1, -0.05) is 29.8 Å². The number of aromatic nitrogens is 2. The summed E-state index contributed by atoms with van der Waals surface area (Å²) in [4.78, 5) is 12.2. The molecule has 0 saturated carbocycles. The topological polar surface area (TPSA) is 46.9 Å². The molecule has 0 fully saturated rings. The summed E-state index contributed by atoms with van der Waals surface area (Å²) in [6, 6.07) is 6.08. The third kappa shape index (κ3) is 2.85. The number of hydrogen-bond donors (Lipinski definition) is 1. The SMILES string of the molecule is Cc1ccc([C@H](C)NC(=O)c2c(Cl)cnn2C)cc1C. The van der Waals surface area contributed by atoms with Crippen LogP contribution in [0, 0.1) is 13.8 Å². The van der Waals surface area contributed by atoms with Crippen LogP contribution in [-0.2, 0) is 7.05 Å². The van der Waals surface area contributed by atoms with Crippen molar-refractivity contribution >= 4 is 17.5 Å². The summed E-state index contributed by atoms with van der Waals surface area (Å²) >= 11 is 5.97. The zero-order valence-corrected chi connectivity index (χ0v) is 12.8. The Bertz CT molecular complexity index is 629. The van der Waals surface area contributed by atoms with Gasteiger partial charge >= 0.3 is 0 Å². The first-order chi connectivity index (χ1) is 9.40. The van der Waals surface area contributed by atoms with Gasteiger partial charge in [-0.05, 0) is 37.5 Å². The van der Waals surface area contributed by atoms with Gasteiger partial charge in [0.15, 0.2) is 0 Å². The quantitative estimate of drug-likeness (QED) is 0.944. The van der Waals surface area contributed by atoms with Gasteiger partial charge in [-0.3, -0.25) is 9.48 Å². The zero-order chi connectivity index (χ0) is 14.9. The van der Waals surface area contributed by atoms with Crippen LogP contribution in [0.3, 0.4) is 0 Å². The lowest BCUT2D eigenvalue weighted by molar-refractivity contribution is 0.0930. The summed E-state index contributed by atoms with van der Waals surface area (Å²) in [5.41, 5.74) is 3.89. The van der Waals surface area contributed by atoms with Crippen molar-refractivity contribution in [3.63, 3.8) is 0 Å². The van der Waals surface area contributed by atoms with E-state index >= 15 is 0 Å². The first-order valence-corrected chi connectivity index (χ1v) is 6.83. The standard InChI is InChI=1S/C15H18ClN3O/c1-9-5-6-12(7-10(9)2)11(3)18-15(20)14-13(16)8-17-19(14)4/h5-8,11H,1-4H3,(H,18,20)/t11-/m0/s1. The number of carbonyl (C=O) groups is 1. The van der Waals surface area contributed by atoms with Crippen molar-refractivity contribution in [3.05, 3.63) is 51.8 Å². The van der Waals surface area contributed by atoms with Gasteiger partial charge in [0.2, 0.25) is 0 Å². The summed E-state index contributed by atoms with van der Waals surface area (Å²) in [6.45, 7) is 6.08. The molecule has 1 amide bonds. The van der Waals surface area contributed by atoms with Crippen LogP contribution < -0.4 is 5.32 Å². The average molecular weight is 292 g/mol. The molecule has 20 heavy (non-hydrogen) atoms. The molecule has 0 aliphatic rings. The van der Waals surface area contributed by atoms with Gasteiger partial charge in [-0.2, -0.15) is 5.10 Å². The highest BCUT2D eigenvalue weighted by atomic mass is 35.5. The van der Waals surface area contributed by atoms with Crippen LogP contribution in [0.25, 0.3) is 0 Å². The number of halogens is 1. The lowest BCUT2D eigenvalue weighted by Gasteiger charge is -2.16. The first-order valence-electron chi connectivity index (χ1n) is 6.45. The number of carbonyl (C=O) groups excluding carboxylic acids is 1. The maximum absolute atomic E-state index is 12.2. The number of benzene rings is 1. The molecule has 5 heteroatoms. The van der Waals surface area contributed by atoms with Gasteiger partial charge in [0.25, 0.3) is 5.91 Å². The summed E-state index contributed by atoms with van der Waals surface area (Å²) < 4.78 is 1.48. The normalized spacial score (nSPS) is 12.2. The van der Waals surface area contributed by atoms with Crippen LogP contribution in [0.15, 0.2) is 24.4 Å². The van der Waals surface area contributed by atoms with Crippen LogP contribution in [0.2, 0.25) is 5.02 Å². The number of rotatable bonds is 3. The van der Waals surface area contributed by atoms with Gasteiger partial charge in [-0.15, -0.1) is 0 Å². The van der Waals surface area contributed by atoms with E-state index in [2.05, 4.69) is 36.4 Å². The molecule has 0 unspecified atom stereocenters. The van der Waals surface area contributed by atoms with E-state index in [0.717, 1.165) is 5.56 Å². The molecule has 1 aromatic heterocycles. The molecule has 0 bridgehead atoms. The molecule has 106 valence electrons. The summed E-state index contributed by atoms with van der Waals surface area (Å²) in [6.07, 6.45) is 1.47. The van der Waals surface area contributed by atoms with Gasteiger partial charge < -0.3 is 5.32 Å². The van der Waals surface area contributed by atoms with Crippen LogP contribution in [0.4, 0.5) is 0 Å². The van der Waals surface area contributed by atoms with Crippen LogP contribution in [0.5, 0.6) is 0 Å². The number of hydrogen-bond acceptors (Lipinski definition) is 2. The smallest absolute Gasteiger partial charge is 0.271 e. The second-order valence-corrected chi connectivity index (χ2v) is 5.41. The molecule has 1 N–H and O–H groups in total. The number of aryl methyl sites for hydroxylation is 3. The molecule has 2 rings (SSSR count). The second kappa shape index (κ2) is 5.67. The van der Waals surface area contributed by atoms with Crippen molar-refractivity contribution in [2.24, 2.45) is 7.05 Å². The summed E-state index contributed by atoms with van der Waals surface area (Å²) in [7, 11) is 1.70. The highest BCUT2D eigenvalue weighted by Gasteiger charge is 2.18. The fourth-order valence-corrected chi connectivity index (χ4v) is 2.30. The largest absolute Gasteiger partial charge is 0.344 e. The van der Waals surface area contributed by atoms with Crippen molar-refractivity contribution in [2.75, 3.05) is 0 Å². The van der Waals surface area contributed by atoms with Crippen molar-refractivity contribution in [3.8, 4) is 0 Å². The average Bonchev–Trinajstić information content (AvgIpc) is 2.72. The lowest BCUT2D eigenvalue weighted by Crippen LogP contribution is -2.28. The maximum Gasteiger partial charge on any atom is 0.271 e. The molecule has 1 aromatic carbocycles. The Morgan fingerprint density at radius 1 is 1.35 bits per heavy atom. The van der Waals surface area contributed by atoms with E-state index < -0.39 is 0 Å². The Hall–Kier alpha value is -1.81. The Labute approximate surface area is 123 Å². The van der Waals surface area contributed by atoms with E-state index in [1.807, 2.05) is 13.0 Å². The van der Waals surface area contributed by atoms with Gasteiger partial charge in [0.05, 0.1) is 17.3 Å². The van der Waals surface area contributed by atoms with Crippen LogP contribution in [0.1, 0.15) is 40.1 Å². The predicted molar refractivity (Wildman–Crippen MR) is 80.0 cm³/mol. The molecule has 0 saturated heterocycles. The Kier molecular flexibility index (Phi) is 4.14. The maximum atomic E-state index is 12.2. The van der Waals surface area contributed by atoms with E-state index in [-0.39, 0.29) is 11.9 Å². The molecule has 4 nitrogen and oxygen atoms in total. The molecule has 1 atom stereocenters. The van der Waals surface area contributed by atoms with Crippen LogP contribution >= 0.6 is 11.6 Å². The Balaban J connectivity index is 2.17. The lowest BCUT2D eigenvalue weighted by atomic mass is 10.0. The number of nitrogens with one attached hydrogen (secondary N) is 1. The molecule has 1 heterocycles. The molecule has 0 radical (unpaired) electrons. The van der Waals surface area contributed by atoms with Crippen molar-refractivity contribution in [2.45, 2.75) is 26.8 Å². The van der Waals surface area contributed by atoms with E-state index in [1.165, 1.54) is 22.0 Å². The van der Waals surface area contributed by atoms with Gasteiger partial charge in [0, 0.05) is 7.05 Å². The van der Waals surface area contributed by atoms with E-state index in [9.17, 15) is 4.79 Å². The third-order valence-electron chi connectivity index (χ3n) is 3.49. The third-order valence-corrected chi connectivity index (χ3v) is 3.76. The van der Waals surface area contributed by atoms with Crippen molar-refractivity contribution in [1.29, 1.82) is 0 Å². The fraction of sp³-hybridized carbons (Fsp3) is 0.333. The second-order valence-electron chi connectivity index (χ2n) is 5.00. The van der Waals surface area contributed by atoms with Gasteiger partial charge in [0.1, 0.15) is 5.69 Å². The summed E-state index contributed by atoms with van der Waals surface area (Å²) in [5.74, 6) is -0.222. The molecule has 2 aromatic rings. The fourth-order valence-electron chi connectivity index (χ4n) is 2.05. The summed E-state index contributed by atoms with van der Waals surface area (Å²) in [5, 5.41) is 7.27. The molecular weight excluding hydrogens is 274 g/mol. The predicted octanol–water partition coefficient (Wildman–Crippen LogP) is 3.18. The zero-order valence-electron chi connectivity index (χ0n) is 12.1. The van der Waals surface area contributed by atoms with Gasteiger partial charge in [-0.25, -0.2) is 0 Å². The Morgan fingerprint density at radius 3 is 2.60 bits per heavy atom. The minimum Gasteiger partial charge on any atom is -0.344 e. The monoisotopic (exact) mass is 291 g/mol. The molecule has 0 aliphatic heterocycles. The van der Waals surface area contributed by atoms with Crippen LogP contribution in [-0.4, -0.2) is 15.7 Å². The first kappa shape index (κ1) is 14.6. The van der Waals surface area contributed by atoms with E-state index in [0.29, 0.717) is 10.7 Å². The molecule has 0 spiro atoms. The molecular formula is C15H18ClN3O. The Morgan fingerprint density at radius 2 is 2.05 bits per heavy atom. The van der Waals surface area contributed by atoms with Crippen molar-refractivity contribution < 1.29 is 4.79 Å². The minimum absolute atomic E-state index is 0.0900. The number of nitrogens with zero attached hydrogens (tertiary/aromatic N) is 2. The minimum atomic E-state index is -0.222. The van der Waals surface area contributed by atoms with Crippen molar-refractivity contribution in [1.82, 2.24) is 15.1 Å². The highest BCUT2D eigenvalue weighted by molar-refractivity contribution is 6.33.